The second-order valence-corrected chi connectivity index (χ2v) is 25.4. The third-order valence-corrected chi connectivity index (χ3v) is 16.0. The zero-order valence-corrected chi connectivity index (χ0v) is 52.4. The molecule has 0 rings (SSSR count). The van der Waals surface area contributed by atoms with Crippen molar-refractivity contribution < 1.29 is 80.2 Å². The summed E-state index contributed by atoms with van der Waals surface area (Å²) in [5.41, 5.74) is 0. The van der Waals surface area contributed by atoms with Crippen molar-refractivity contribution >= 4 is 39.5 Å². The molecule has 0 aromatic heterocycles. The standard InChI is InChI=1S/C60H116O17P2/c1-7-10-12-14-16-17-18-19-24-31-37-43-58(63)71-49-55(76-59(64)44-38-32-25-21-20-23-28-34-40-52(4)5)50-74-78(66,67)72-46-54(61)47-73-79(68,69)75-51-56(48-70-57(62)42-36-30-22-15-13-11-8-2)77-60(65)45-39-33-27-26-29-35-41-53(6)9-3/h52-56,61H,7-51H2,1-6H3,(H,66,67)(H,68,69)/t53?,54-,55-,56-/m1/s1. The summed E-state index contributed by atoms with van der Waals surface area (Å²) in [5.74, 6) is -0.708. The van der Waals surface area contributed by atoms with Crippen molar-refractivity contribution in [3.63, 3.8) is 0 Å². The molecule has 468 valence electrons. The molecular weight excluding hydrogens is 1050 g/mol. The Hall–Kier alpha value is -1.94. The van der Waals surface area contributed by atoms with E-state index in [1.807, 2.05) is 0 Å². The van der Waals surface area contributed by atoms with Crippen LogP contribution in [-0.4, -0.2) is 96.7 Å². The maximum atomic E-state index is 12.9. The van der Waals surface area contributed by atoms with Crippen LogP contribution in [0.3, 0.4) is 0 Å². The van der Waals surface area contributed by atoms with Gasteiger partial charge in [0.2, 0.25) is 0 Å². The third kappa shape index (κ3) is 53.8. The van der Waals surface area contributed by atoms with E-state index in [1.165, 1.54) is 96.3 Å². The Balaban J connectivity index is 5.23. The molecule has 0 aliphatic rings. The average molecular weight is 1170 g/mol. The molecule has 3 unspecified atom stereocenters. The van der Waals surface area contributed by atoms with Gasteiger partial charge in [-0.05, 0) is 37.5 Å². The van der Waals surface area contributed by atoms with Crippen LogP contribution < -0.4 is 0 Å². The summed E-state index contributed by atoms with van der Waals surface area (Å²) in [6.07, 6.45) is 33.6. The zero-order valence-electron chi connectivity index (χ0n) is 50.7. The Morgan fingerprint density at radius 2 is 0.646 bits per heavy atom. The fourth-order valence-electron chi connectivity index (χ4n) is 8.79. The molecule has 6 atom stereocenters. The van der Waals surface area contributed by atoms with Crippen LogP contribution in [0.5, 0.6) is 0 Å². The molecule has 17 nitrogen and oxygen atoms in total. The number of phosphoric acid groups is 2. The first-order valence-corrected chi connectivity index (χ1v) is 34.5. The summed E-state index contributed by atoms with van der Waals surface area (Å²) in [4.78, 5) is 71.9. The SMILES string of the molecule is CCCCCCCCCCCCCC(=O)OC[C@H](COP(=O)(O)OC[C@@H](O)COP(=O)(O)OC[C@@H](COC(=O)CCCCCCCCC)OC(=O)CCCCCCCCC(C)CC)OC(=O)CCCCCCCCCCC(C)C. The van der Waals surface area contributed by atoms with Gasteiger partial charge in [-0.1, -0.05) is 241 Å². The summed E-state index contributed by atoms with van der Waals surface area (Å²) in [7, 11) is -9.87. The Labute approximate surface area is 479 Å². The number of esters is 4. The maximum absolute atomic E-state index is 12.9. The minimum atomic E-state index is -4.94. The highest BCUT2D eigenvalue weighted by Crippen LogP contribution is 2.45. The summed E-state index contributed by atoms with van der Waals surface area (Å²) in [6.45, 7) is 9.33. The van der Waals surface area contributed by atoms with Crippen molar-refractivity contribution in [3.8, 4) is 0 Å². The summed E-state index contributed by atoms with van der Waals surface area (Å²) in [6, 6.07) is 0. The molecule has 0 saturated carbocycles. The van der Waals surface area contributed by atoms with Crippen LogP contribution in [0.1, 0.15) is 292 Å². The van der Waals surface area contributed by atoms with E-state index in [9.17, 15) is 43.2 Å². The molecule has 19 heteroatoms. The molecule has 79 heavy (non-hydrogen) atoms. The van der Waals surface area contributed by atoms with E-state index in [0.29, 0.717) is 25.7 Å². The quantitative estimate of drug-likeness (QED) is 0.0222. The molecule has 0 aliphatic carbocycles. The first kappa shape index (κ1) is 77.1. The van der Waals surface area contributed by atoms with Gasteiger partial charge in [0.15, 0.2) is 12.2 Å². The van der Waals surface area contributed by atoms with Crippen molar-refractivity contribution in [2.45, 2.75) is 310 Å². The van der Waals surface area contributed by atoms with Crippen LogP contribution in [0.4, 0.5) is 0 Å². The summed E-state index contributed by atoms with van der Waals surface area (Å²) < 4.78 is 67.7. The monoisotopic (exact) mass is 1170 g/mol. The molecule has 0 fully saturated rings. The second-order valence-electron chi connectivity index (χ2n) is 22.5. The van der Waals surface area contributed by atoms with E-state index in [4.69, 9.17) is 37.0 Å². The molecule has 0 heterocycles. The highest BCUT2D eigenvalue weighted by atomic mass is 31.2. The molecule has 0 aromatic carbocycles. The normalized spacial score (nSPS) is 14.8. The van der Waals surface area contributed by atoms with Crippen LogP contribution in [0.25, 0.3) is 0 Å². The van der Waals surface area contributed by atoms with Crippen molar-refractivity contribution in [2.75, 3.05) is 39.6 Å². The number of ether oxygens (including phenoxy) is 4. The van der Waals surface area contributed by atoms with Gasteiger partial charge in [-0.25, -0.2) is 9.13 Å². The van der Waals surface area contributed by atoms with Gasteiger partial charge in [-0.15, -0.1) is 0 Å². The second kappa shape index (κ2) is 52.8. The number of unbranched alkanes of at least 4 members (excludes halogenated alkanes) is 28. The van der Waals surface area contributed by atoms with Crippen molar-refractivity contribution in [1.82, 2.24) is 0 Å². The van der Waals surface area contributed by atoms with Gasteiger partial charge >= 0.3 is 39.5 Å². The molecule has 0 aromatic rings. The van der Waals surface area contributed by atoms with E-state index < -0.39 is 97.5 Å². The van der Waals surface area contributed by atoms with Gasteiger partial charge in [0, 0.05) is 25.7 Å². The minimum absolute atomic E-state index is 0.102. The Morgan fingerprint density at radius 1 is 0.367 bits per heavy atom. The molecule has 3 N–H and O–H groups in total. The predicted octanol–water partition coefficient (Wildman–Crippen LogP) is 16.1. The summed E-state index contributed by atoms with van der Waals surface area (Å²) >= 11 is 0. The fourth-order valence-corrected chi connectivity index (χ4v) is 10.4. The highest BCUT2D eigenvalue weighted by molar-refractivity contribution is 7.47. The van der Waals surface area contributed by atoms with E-state index >= 15 is 0 Å². The van der Waals surface area contributed by atoms with Gasteiger partial charge in [0.05, 0.1) is 26.4 Å². The van der Waals surface area contributed by atoms with Crippen molar-refractivity contribution in [3.05, 3.63) is 0 Å². The van der Waals surface area contributed by atoms with E-state index in [2.05, 4.69) is 41.5 Å². The maximum Gasteiger partial charge on any atom is 0.472 e. The van der Waals surface area contributed by atoms with Crippen LogP contribution in [-0.2, 0) is 65.4 Å². The zero-order chi connectivity index (χ0) is 58.7. The van der Waals surface area contributed by atoms with Crippen LogP contribution in [0, 0.1) is 11.8 Å². The number of hydrogen-bond donors (Lipinski definition) is 3. The number of phosphoric ester groups is 2. The largest absolute Gasteiger partial charge is 0.472 e. The Morgan fingerprint density at radius 3 is 0.962 bits per heavy atom. The minimum Gasteiger partial charge on any atom is -0.462 e. The molecule has 0 spiro atoms. The smallest absolute Gasteiger partial charge is 0.462 e. The van der Waals surface area contributed by atoms with Gasteiger partial charge in [-0.2, -0.15) is 0 Å². The number of carbonyl (C=O) groups is 4. The van der Waals surface area contributed by atoms with Crippen molar-refractivity contribution in [1.29, 1.82) is 0 Å². The highest BCUT2D eigenvalue weighted by Gasteiger charge is 2.30. The molecule has 0 radical (unpaired) electrons. The topological polar surface area (TPSA) is 237 Å². The van der Waals surface area contributed by atoms with E-state index in [0.717, 1.165) is 115 Å². The lowest BCUT2D eigenvalue weighted by Crippen LogP contribution is -2.30. The van der Waals surface area contributed by atoms with Gasteiger partial charge in [-0.3, -0.25) is 37.3 Å². The molecule has 0 saturated heterocycles. The molecular formula is C60H116O17P2. The molecule has 0 aliphatic heterocycles. The molecule has 0 amide bonds. The number of aliphatic hydroxyl groups excluding tert-OH is 1. The first-order chi connectivity index (χ1) is 37.9. The lowest BCUT2D eigenvalue weighted by atomic mass is 10.00. The predicted molar refractivity (Wildman–Crippen MR) is 312 cm³/mol. The average Bonchev–Trinajstić information content (AvgIpc) is 3.41. The lowest BCUT2D eigenvalue weighted by molar-refractivity contribution is -0.161. The fraction of sp³-hybridized carbons (Fsp3) is 0.933. The lowest BCUT2D eigenvalue weighted by Gasteiger charge is -2.21. The number of hydrogen-bond acceptors (Lipinski definition) is 15. The van der Waals surface area contributed by atoms with Crippen LogP contribution in [0.2, 0.25) is 0 Å². The van der Waals surface area contributed by atoms with Crippen LogP contribution in [0.15, 0.2) is 0 Å². The van der Waals surface area contributed by atoms with Gasteiger partial charge < -0.3 is 33.8 Å². The van der Waals surface area contributed by atoms with Gasteiger partial charge in [0.1, 0.15) is 19.3 Å². The van der Waals surface area contributed by atoms with E-state index in [1.54, 1.807) is 0 Å². The van der Waals surface area contributed by atoms with Crippen molar-refractivity contribution in [2.24, 2.45) is 11.8 Å². The Bertz CT molecular complexity index is 1570. The first-order valence-electron chi connectivity index (χ1n) is 31.5. The van der Waals surface area contributed by atoms with Gasteiger partial charge in [0.25, 0.3) is 0 Å². The third-order valence-electron chi connectivity index (χ3n) is 14.1. The molecule has 0 bridgehead atoms. The number of aliphatic hydroxyl groups is 1. The Kier molecular flexibility index (Phi) is 51.5. The summed E-state index contributed by atoms with van der Waals surface area (Å²) in [5, 5.41) is 10.5. The number of carbonyl (C=O) groups excluding carboxylic acids is 4. The van der Waals surface area contributed by atoms with E-state index in [-0.39, 0.29) is 25.7 Å². The number of rotatable bonds is 59. The van der Waals surface area contributed by atoms with Crippen LogP contribution >= 0.6 is 15.6 Å².